The summed E-state index contributed by atoms with van der Waals surface area (Å²) >= 11 is 1.24. The molecule has 0 aliphatic carbocycles. The van der Waals surface area contributed by atoms with E-state index >= 15 is 0 Å². The predicted molar refractivity (Wildman–Crippen MR) is 98.5 cm³/mol. The first-order valence-corrected chi connectivity index (χ1v) is 8.78. The molecule has 4 aromatic rings. The minimum absolute atomic E-state index is 0.583. The molecule has 130 valence electrons. The van der Waals surface area contributed by atoms with Gasteiger partial charge in [-0.05, 0) is 31.0 Å². The molecule has 3 aromatic heterocycles. The molecule has 0 atom stereocenters. The van der Waals surface area contributed by atoms with Gasteiger partial charge in [0, 0.05) is 30.5 Å². The van der Waals surface area contributed by atoms with Crippen molar-refractivity contribution in [1.82, 2.24) is 29.5 Å². The number of nitrogens with zero attached hydrogens (tertiary/aromatic N) is 6. The Morgan fingerprint density at radius 1 is 1.04 bits per heavy atom. The Bertz CT molecular complexity index is 1010. The van der Waals surface area contributed by atoms with Gasteiger partial charge in [-0.3, -0.25) is 0 Å². The van der Waals surface area contributed by atoms with Crippen LogP contribution in [0, 0.1) is 6.92 Å². The van der Waals surface area contributed by atoms with E-state index in [2.05, 4.69) is 34.8 Å². The maximum absolute atomic E-state index is 5.77. The molecule has 0 aliphatic rings. The molecule has 1 aromatic carbocycles. The predicted octanol–water partition coefficient (Wildman–Crippen LogP) is 3.03. The van der Waals surface area contributed by atoms with Gasteiger partial charge in [-0.2, -0.15) is 0 Å². The van der Waals surface area contributed by atoms with E-state index in [0.717, 1.165) is 29.5 Å². The molecule has 0 spiro atoms. The van der Waals surface area contributed by atoms with Crippen LogP contribution < -0.4 is 10.1 Å². The van der Waals surface area contributed by atoms with Crippen LogP contribution >= 0.6 is 11.5 Å². The number of hydrogen-bond donors (Lipinski definition) is 1. The van der Waals surface area contributed by atoms with Crippen LogP contribution in [0.15, 0.2) is 43.0 Å². The van der Waals surface area contributed by atoms with Crippen LogP contribution in [0.3, 0.4) is 0 Å². The highest BCUT2D eigenvalue weighted by atomic mass is 32.1. The molecular weight excluding hydrogens is 350 g/mol. The van der Waals surface area contributed by atoms with Gasteiger partial charge in [0.05, 0.1) is 0 Å². The van der Waals surface area contributed by atoms with Crippen molar-refractivity contribution in [3.8, 4) is 10.8 Å². The molecule has 0 amide bonds. The van der Waals surface area contributed by atoms with Gasteiger partial charge in [-0.1, -0.05) is 16.6 Å². The molecule has 0 saturated carbocycles. The van der Waals surface area contributed by atoms with Crippen LogP contribution in [0.5, 0.6) is 10.8 Å². The van der Waals surface area contributed by atoms with Crippen LogP contribution in [0.4, 0.5) is 5.82 Å². The van der Waals surface area contributed by atoms with Crippen LogP contribution in [0.1, 0.15) is 11.3 Å². The number of hydrogen-bond acceptors (Lipinski definition) is 9. The molecule has 0 saturated heterocycles. The molecule has 0 aliphatic heterocycles. The standard InChI is InChI=1S/C17H15N7OS/c1-11-17(26-24-23-11)25-13-4-2-12(3-5-13)6-7-19-15-14-16(22-10-21-15)20-9-8-18-14/h2-5,8-10H,6-7H2,1H3,(H,19,20,21,22). The summed E-state index contributed by atoms with van der Waals surface area (Å²) in [5.41, 5.74) is 3.24. The molecule has 0 bridgehead atoms. The fourth-order valence-electron chi connectivity index (χ4n) is 2.40. The molecule has 0 unspecified atom stereocenters. The van der Waals surface area contributed by atoms with E-state index in [1.807, 2.05) is 31.2 Å². The first-order valence-electron chi connectivity index (χ1n) is 8.01. The van der Waals surface area contributed by atoms with Crippen molar-refractivity contribution in [3.63, 3.8) is 0 Å². The highest BCUT2D eigenvalue weighted by Crippen LogP contribution is 2.27. The Kier molecular flexibility index (Phi) is 4.61. The molecule has 1 N–H and O–H groups in total. The van der Waals surface area contributed by atoms with Gasteiger partial charge in [0.2, 0.25) is 5.06 Å². The Balaban J connectivity index is 1.37. The van der Waals surface area contributed by atoms with E-state index in [0.29, 0.717) is 17.0 Å². The molecular formula is C17H15N7OS. The van der Waals surface area contributed by atoms with Crippen molar-refractivity contribution in [2.45, 2.75) is 13.3 Å². The number of fused-ring (bicyclic) bond motifs is 1. The summed E-state index contributed by atoms with van der Waals surface area (Å²) in [5, 5.41) is 7.95. The second-order valence-corrected chi connectivity index (χ2v) is 6.24. The van der Waals surface area contributed by atoms with E-state index in [4.69, 9.17) is 4.74 Å². The van der Waals surface area contributed by atoms with Crippen molar-refractivity contribution in [3.05, 3.63) is 54.2 Å². The number of rotatable bonds is 6. The number of ether oxygens (including phenoxy) is 1. The summed E-state index contributed by atoms with van der Waals surface area (Å²) in [4.78, 5) is 16.8. The van der Waals surface area contributed by atoms with Crippen LogP contribution in [-0.4, -0.2) is 36.1 Å². The third-order valence-electron chi connectivity index (χ3n) is 3.72. The Morgan fingerprint density at radius 2 is 1.88 bits per heavy atom. The molecule has 8 nitrogen and oxygen atoms in total. The molecule has 26 heavy (non-hydrogen) atoms. The van der Waals surface area contributed by atoms with Crippen molar-refractivity contribution in [2.24, 2.45) is 0 Å². The zero-order valence-corrected chi connectivity index (χ0v) is 14.8. The van der Waals surface area contributed by atoms with Crippen molar-refractivity contribution >= 4 is 28.5 Å². The summed E-state index contributed by atoms with van der Waals surface area (Å²) in [5.74, 6) is 1.46. The fraction of sp³-hybridized carbons (Fsp3) is 0.176. The van der Waals surface area contributed by atoms with Crippen LogP contribution in [-0.2, 0) is 6.42 Å². The monoisotopic (exact) mass is 365 g/mol. The summed E-state index contributed by atoms with van der Waals surface area (Å²) in [6.07, 6.45) is 5.58. The lowest BCUT2D eigenvalue weighted by molar-refractivity contribution is 0.491. The van der Waals surface area contributed by atoms with Crippen molar-refractivity contribution in [2.75, 3.05) is 11.9 Å². The quantitative estimate of drug-likeness (QED) is 0.557. The van der Waals surface area contributed by atoms with Gasteiger partial charge >= 0.3 is 0 Å². The Morgan fingerprint density at radius 3 is 2.69 bits per heavy atom. The summed E-state index contributed by atoms with van der Waals surface area (Å²) < 4.78 is 9.64. The van der Waals surface area contributed by atoms with E-state index < -0.39 is 0 Å². The van der Waals surface area contributed by atoms with E-state index in [-0.39, 0.29) is 0 Å². The van der Waals surface area contributed by atoms with Gasteiger partial charge in [-0.15, -0.1) is 5.10 Å². The van der Waals surface area contributed by atoms with Gasteiger partial charge in [0.1, 0.15) is 23.3 Å². The maximum atomic E-state index is 5.77. The molecule has 0 fully saturated rings. The zero-order valence-electron chi connectivity index (χ0n) is 14.0. The first kappa shape index (κ1) is 16.3. The van der Waals surface area contributed by atoms with E-state index in [1.54, 1.807) is 12.4 Å². The summed E-state index contributed by atoms with van der Waals surface area (Å²) in [7, 11) is 0. The lowest BCUT2D eigenvalue weighted by Crippen LogP contribution is -2.07. The van der Waals surface area contributed by atoms with E-state index in [9.17, 15) is 0 Å². The molecule has 9 heteroatoms. The lowest BCUT2D eigenvalue weighted by Gasteiger charge is -2.08. The number of nitrogens with one attached hydrogen (secondary N) is 1. The third kappa shape index (κ3) is 3.57. The minimum Gasteiger partial charge on any atom is -0.443 e. The van der Waals surface area contributed by atoms with Crippen LogP contribution in [0.2, 0.25) is 0 Å². The topological polar surface area (TPSA) is 98.6 Å². The molecule has 3 heterocycles. The smallest absolute Gasteiger partial charge is 0.223 e. The molecule has 4 rings (SSSR count). The maximum Gasteiger partial charge on any atom is 0.223 e. The number of anilines is 1. The molecule has 0 radical (unpaired) electrons. The first-order chi connectivity index (χ1) is 12.8. The van der Waals surface area contributed by atoms with Gasteiger partial charge < -0.3 is 10.1 Å². The lowest BCUT2D eigenvalue weighted by atomic mass is 10.1. The largest absolute Gasteiger partial charge is 0.443 e. The van der Waals surface area contributed by atoms with Gasteiger partial charge in [0.25, 0.3) is 0 Å². The number of aromatic nitrogens is 6. The van der Waals surface area contributed by atoms with Crippen LogP contribution in [0.25, 0.3) is 11.2 Å². The average Bonchev–Trinajstić information content (AvgIpc) is 3.08. The third-order valence-corrected chi connectivity index (χ3v) is 4.43. The zero-order chi connectivity index (χ0) is 17.8. The number of aryl methyl sites for hydroxylation is 1. The van der Waals surface area contributed by atoms with Gasteiger partial charge in [-0.25, -0.2) is 19.9 Å². The fourth-order valence-corrected chi connectivity index (χ4v) is 2.94. The Labute approximate surface area is 153 Å². The summed E-state index contributed by atoms with van der Waals surface area (Å²) in [6, 6.07) is 7.97. The normalized spacial score (nSPS) is 10.8. The average molecular weight is 365 g/mol. The second kappa shape index (κ2) is 7.36. The summed E-state index contributed by atoms with van der Waals surface area (Å²) in [6.45, 7) is 2.60. The van der Waals surface area contributed by atoms with E-state index in [1.165, 1.54) is 23.4 Å². The highest BCUT2D eigenvalue weighted by Gasteiger charge is 2.07. The Hall–Kier alpha value is -3.20. The minimum atomic E-state index is 0.583. The SMILES string of the molecule is Cc1nnsc1Oc1ccc(CCNc2ncnc3nccnc23)cc1. The van der Waals surface area contributed by atoms with Crippen molar-refractivity contribution in [1.29, 1.82) is 0 Å². The second-order valence-electron chi connectivity index (χ2n) is 5.52. The van der Waals surface area contributed by atoms with Gasteiger partial charge in [0.15, 0.2) is 11.5 Å². The highest BCUT2D eigenvalue weighted by molar-refractivity contribution is 7.07. The number of benzene rings is 1. The van der Waals surface area contributed by atoms with Crippen molar-refractivity contribution < 1.29 is 4.74 Å².